The number of hydrogen-bond acceptors (Lipinski definition) is 4. The predicted octanol–water partition coefficient (Wildman–Crippen LogP) is 1.52. The van der Waals surface area contributed by atoms with E-state index in [9.17, 15) is 4.79 Å². The molecule has 20 heavy (non-hydrogen) atoms. The van der Waals surface area contributed by atoms with Gasteiger partial charge in [0.1, 0.15) is 10.3 Å². The van der Waals surface area contributed by atoms with E-state index in [4.69, 9.17) is 5.11 Å². The summed E-state index contributed by atoms with van der Waals surface area (Å²) in [6.45, 7) is 0. The van der Waals surface area contributed by atoms with Crippen LogP contribution in [0.1, 0.15) is 5.69 Å². The molecule has 0 aliphatic heterocycles. The Morgan fingerprint density at radius 1 is 1.45 bits per heavy atom. The van der Waals surface area contributed by atoms with Crippen molar-refractivity contribution >= 4 is 27.7 Å². The van der Waals surface area contributed by atoms with E-state index >= 15 is 0 Å². The SMILES string of the molecule is Cn1c(-c2ccccn2)nn2c(Br)c(CC(=O)O)nc12. The molecule has 0 atom stereocenters. The van der Waals surface area contributed by atoms with Gasteiger partial charge in [-0.3, -0.25) is 14.3 Å². The number of aromatic nitrogens is 5. The molecule has 8 heteroatoms. The van der Waals surface area contributed by atoms with E-state index in [2.05, 4.69) is 31.0 Å². The molecule has 3 aromatic rings. The van der Waals surface area contributed by atoms with Crippen LogP contribution in [0.2, 0.25) is 0 Å². The monoisotopic (exact) mass is 335 g/mol. The first kappa shape index (κ1) is 12.8. The lowest BCUT2D eigenvalue weighted by molar-refractivity contribution is -0.136. The Kier molecular flexibility index (Phi) is 3.01. The number of pyridine rings is 1. The summed E-state index contributed by atoms with van der Waals surface area (Å²) < 4.78 is 3.90. The van der Waals surface area contributed by atoms with E-state index in [0.29, 0.717) is 21.9 Å². The second-order valence-electron chi connectivity index (χ2n) is 4.23. The van der Waals surface area contributed by atoms with Crippen molar-refractivity contribution in [3.05, 3.63) is 34.7 Å². The molecule has 0 unspecified atom stereocenters. The van der Waals surface area contributed by atoms with E-state index in [-0.39, 0.29) is 6.42 Å². The van der Waals surface area contributed by atoms with Crippen LogP contribution in [-0.2, 0) is 18.3 Å². The van der Waals surface area contributed by atoms with Crippen LogP contribution in [-0.4, -0.2) is 35.2 Å². The first-order valence-electron chi connectivity index (χ1n) is 5.81. The highest BCUT2D eigenvalue weighted by atomic mass is 79.9. The van der Waals surface area contributed by atoms with E-state index in [1.54, 1.807) is 15.3 Å². The van der Waals surface area contributed by atoms with Gasteiger partial charge < -0.3 is 5.11 Å². The molecular formula is C12H10BrN5O2. The van der Waals surface area contributed by atoms with Crippen LogP contribution in [0.5, 0.6) is 0 Å². The van der Waals surface area contributed by atoms with Crippen molar-refractivity contribution in [3.8, 4) is 11.5 Å². The highest BCUT2D eigenvalue weighted by molar-refractivity contribution is 9.10. The fourth-order valence-corrected chi connectivity index (χ4v) is 2.43. The van der Waals surface area contributed by atoms with Crippen molar-refractivity contribution in [1.29, 1.82) is 0 Å². The van der Waals surface area contributed by atoms with Crippen LogP contribution in [0.25, 0.3) is 17.3 Å². The molecular weight excluding hydrogens is 326 g/mol. The van der Waals surface area contributed by atoms with Crippen molar-refractivity contribution in [2.45, 2.75) is 6.42 Å². The lowest BCUT2D eigenvalue weighted by Crippen LogP contribution is -2.02. The molecule has 102 valence electrons. The number of carbonyl (C=O) groups is 1. The molecule has 0 fully saturated rings. The molecule has 0 spiro atoms. The molecule has 3 rings (SSSR count). The average molecular weight is 336 g/mol. The number of rotatable bonds is 3. The molecule has 0 saturated heterocycles. The highest BCUT2D eigenvalue weighted by Gasteiger charge is 2.19. The van der Waals surface area contributed by atoms with Crippen molar-refractivity contribution in [3.63, 3.8) is 0 Å². The molecule has 0 radical (unpaired) electrons. The number of imidazole rings is 1. The molecule has 3 aromatic heterocycles. The Labute approximate surface area is 122 Å². The molecule has 7 nitrogen and oxygen atoms in total. The standard InChI is InChI=1S/C12H10BrN5O2/c1-17-11(7-4-2-3-5-14-7)16-18-10(13)8(6-9(19)20)15-12(17)18/h2-5H,6H2,1H3,(H,19,20). The normalized spacial score (nSPS) is 11.1. The molecule has 1 N–H and O–H groups in total. The van der Waals surface area contributed by atoms with Gasteiger partial charge in [-0.1, -0.05) is 6.07 Å². The number of hydrogen-bond donors (Lipinski definition) is 1. The van der Waals surface area contributed by atoms with E-state index in [1.165, 1.54) is 0 Å². The summed E-state index contributed by atoms with van der Waals surface area (Å²) in [5.74, 6) is 0.295. The second-order valence-corrected chi connectivity index (χ2v) is 4.98. The minimum Gasteiger partial charge on any atom is -0.481 e. The number of nitrogens with zero attached hydrogens (tertiary/aromatic N) is 5. The molecule has 3 heterocycles. The third kappa shape index (κ3) is 1.97. The van der Waals surface area contributed by atoms with Crippen LogP contribution >= 0.6 is 15.9 Å². The maximum Gasteiger partial charge on any atom is 0.309 e. The maximum absolute atomic E-state index is 10.8. The molecule has 0 bridgehead atoms. The summed E-state index contributed by atoms with van der Waals surface area (Å²) in [7, 11) is 1.82. The Morgan fingerprint density at radius 3 is 2.85 bits per heavy atom. The first-order valence-corrected chi connectivity index (χ1v) is 6.60. The van der Waals surface area contributed by atoms with E-state index in [1.807, 2.05) is 25.2 Å². The largest absolute Gasteiger partial charge is 0.481 e. The molecule has 0 aromatic carbocycles. The minimum atomic E-state index is -0.931. The maximum atomic E-state index is 10.8. The van der Waals surface area contributed by atoms with Crippen molar-refractivity contribution in [2.24, 2.45) is 7.05 Å². The number of carboxylic acid groups (broad SMARTS) is 1. The fraction of sp³-hybridized carbons (Fsp3) is 0.167. The van der Waals surface area contributed by atoms with Crippen LogP contribution in [0.15, 0.2) is 29.0 Å². The lowest BCUT2D eigenvalue weighted by atomic mass is 10.3. The van der Waals surface area contributed by atoms with E-state index < -0.39 is 5.97 Å². The zero-order valence-corrected chi connectivity index (χ0v) is 12.1. The van der Waals surface area contributed by atoms with Crippen LogP contribution in [0, 0.1) is 0 Å². The number of halogens is 1. The Hall–Kier alpha value is -2.22. The quantitative estimate of drug-likeness (QED) is 0.784. The zero-order valence-electron chi connectivity index (χ0n) is 10.5. The molecule has 0 aliphatic rings. The van der Waals surface area contributed by atoms with Crippen LogP contribution in [0.4, 0.5) is 0 Å². The third-order valence-corrected chi connectivity index (χ3v) is 3.67. The smallest absolute Gasteiger partial charge is 0.309 e. The van der Waals surface area contributed by atoms with Gasteiger partial charge in [0.2, 0.25) is 5.78 Å². The van der Waals surface area contributed by atoms with Gasteiger partial charge in [0.15, 0.2) is 5.82 Å². The summed E-state index contributed by atoms with van der Waals surface area (Å²) in [6.07, 6.45) is 1.54. The van der Waals surface area contributed by atoms with Crippen molar-refractivity contribution < 1.29 is 9.90 Å². The Bertz CT molecular complexity index is 793. The predicted molar refractivity (Wildman–Crippen MR) is 74.2 cm³/mol. The van der Waals surface area contributed by atoms with Crippen molar-refractivity contribution in [1.82, 2.24) is 24.1 Å². The van der Waals surface area contributed by atoms with Gasteiger partial charge in [-0.25, -0.2) is 4.98 Å². The summed E-state index contributed by atoms with van der Waals surface area (Å²) in [6, 6.07) is 5.57. The Balaban J connectivity index is 2.15. The van der Waals surface area contributed by atoms with E-state index in [0.717, 1.165) is 5.69 Å². The van der Waals surface area contributed by atoms with Gasteiger partial charge in [0.05, 0.1) is 12.1 Å². The third-order valence-electron chi connectivity index (χ3n) is 2.87. The highest BCUT2D eigenvalue weighted by Crippen LogP contribution is 2.23. The zero-order chi connectivity index (χ0) is 14.3. The summed E-state index contributed by atoms with van der Waals surface area (Å²) in [5.41, 5.74) is 1.18. The van der Waals surface area contributed by atoms with Gasteiger partial charge in [-0.2, -0.15) is 4.52 Å². The van der Waals surface area contributed by atoms with Gasteiger partial charge in [-0.15, -0.1) is 5.10 Å². The summed E-state index contributed by atoms with van der Waals surface area (Å²) in [5, 5.41) is 13.3. The van der Waals surface area contributed by atoms with Crippen LogP contribution in [0.3, 0.4) is 0 Å². The van der Waals surface area contributed by atoms with Gasteiger partial charge in [0, 0.05) is 13.2 Å². The van der Waals surface area contributed by atoms with Gasteiger partial charge in [-0.05, 0) is 28.1 Å². The van der Waals surface area contributed by atoms with Crippen LogP contribution < -0.4 is 0 Å². The van der Waals surface area contributed by atoms with Gasteiger partial charge >= 0.3 is 5.97 Å². The fourth-order valence-electron chi connectivity index (χ4n) is 1.96. The first-order chi connectivity index (χ1) is 9.58. The lowest BCUT2D eigenvalue weighted by Gasteiger charge is -1.98. The number of carboxylic acids is 1. The number of aliphatic carboxylic acids is 1. The average Bonchev–Trinajstić information content (AvgIpc) is 2.90. The summed E-state index contributed by atoms with van der Waals surface area (Å²) in [4.78, 5) is 19.3. The van der Waals surface area contributed by atoms with Crippen molar-refractivity contribution in [2.75, 3.05) is 0 Å². The topological polar surface area (TPSA) is 85.3 Å². The molecule has 0 aliphatic carbocycles. The number of aryl methyl sites for hydroxylation is 1. The Morgan fingerprint density at radius 2 is 2.25 bits per heavy atom. The van der Waals surface area contributed by atoms with Gasteiger partial charge in [0.25, 0.3) is 0 Å². The summed E-state index contributed by atoms with van der Waals surface area (Å²) >= 11 is 3.34. The minimum absolute atomic E-state index is 0.150. The second kappa shape index (κ2) is 4.71. The molecule has 0 amide bonds. The molecule has 0 saturated carbocycles. The number of fused-ring (bicyclic) bond motifs is 1.